The second-order valence-corrected chi connectivity index (χ2v) is 5.04. The summed E-state index contributed by atoms with van der Waals surface area (Å²) in [6.45, 7) is 4.25. The Kier molecular flexibility index (Phi) is 2.36. The van der Waals surface area contributed by atoms with E-state index in [0.29, 0.717) is 5.92 Å². The Hall–Kier alpha value is -1.82. The molecule has 0 aliphatic carbocycles. The fraction of sp³-hybridized carbons (Fsp3) is 0.273. The fourth-order valence-electron chi connectivity index (χ4n) is 1.55. The van der Waals surface area contributed by atoms with Crippen molar-refractivity contribution in [3.05, 3.63) is 29.5 Å². The van der Waals surface area contributed by atoms with Crippen molar-refractivity contribution >= 4 is 16.3 Å². The summed E-state index contributed by atoms with van der Waals surface area (Å²) in [6.07, 6.45) is 3.48. The lowest BCUT2D eigenvalue weighted by Crippen LogP contribution is -1.93. The van der Waals surface area contributed by atoms with Crippen LogP contribution in [-0.2, 0) is 0 Å². The number of fused-ring (bicyclic) bond motifs is 1. The molecular weight excluding hydrogens is 234 g/mol. The average molecular weight is 245 g/mol. The average Bonchev–Trinajstić information content (AvgIpc) is 2.89. The third-order valence-corrected chi connectivity index (χ3v) is 3.64. The van der Waals surface area contributed by atoms with Crippen molar-refractivity contribution in [1.82, 2.24) is 24.8 Å². The summed E-state index contributed by atoms with van der Waals surface area (Å²) in [4.78, 5) is 4.83. The minimum absolute atomic E-state index is 0.409. The maximum atomic E-state index is 4.54. The summed E-state index contributed by atoms with van der Waals surface area (Å²) in [5.74, 6) is 1.18. The van der Waals surface area contributed by atoms with Crippen molar-refractivity contribution in [2.24, 2.45) is 0 Å². The first-order valence-electron chi connectivity index (χ1n) is 5.38. The van der Waals surface area contributed by atoms with E-state index in [-0.39, 0.29) is 0 Å². The predicted octanol–water partition coefficient (Wildman–Crippen LogP) is 2.37. The van der Waals surface area contributed by atoms with Crippen LogP contribution in [0.25, 0.3) is 16.3 Å². The molecule has 3 heterocycles. The highest BCUT2D eigenvalue weighted by Gasteiger charge is 2.14. The van der Waals surface area contributed by atoms with Gasteiger partial charge in [0.15, 0.2) is 5.82 Å². The summed E-state index contributed by atoms with van der Waals surface area (Å²) < 4.78 is 1.80. The quantitative estimate of drug-likeness (QED) is 0.695. The van der Waals surface area contributed by atoms with Gasteiger partial charge in [-0.25, -0.2) is 0 Å². The van der Waals surface area contributed by atoms with E-state index in [9.17, 15) is 0 Å². The van der Waals surface area contributed by atoms with E-state index in [2.05, 4.69) is 34.1 Å². The third kappa shape index (κ3) is 1.70. The summed E-state index contributed by atoms with van der Waals surface area (Å²) in [5, 5.41) is 13.9. The second kappa shape index (κ2) is 3.89. The topological polar surface area (TPSA) is 56.0 Å². The van der Waals surface area contributed by atoms with Gasteiger partial charge in [-0.2, -0.15) is 9.61 Å². The van der Waals surface area contributed by atoms with Crippen molar-refractivity contribution in [2.45, 2.75) is 19.8 Å². The Morgan fingerprint density at radius 2 is 1.94 bits per heavy atom. The molecule has 0 saturated carbocycles. The number of hydrogen-bond acceptors (Lipinski definition) is 5. The molecule has 17 heavy (non-hydrogen) atoms. The maximum absolute atomic E-state index is 4.54. The summed E-state index contributed by atoms with van der Waals surface area (Å²) in [6, 6.07) is 3.82. The second-order valence-electron chi connectivity index (χ2n) is 4.05. The van der Waals surface area contributed by atoms with Gasteiger partial charge in [0.25, 0.3) is 0 Å². The van der Waals surface area contributed by atoms with Crippen molar-refractivity contribution in [1.29, 1.82) is 0 Å². The number of aromatic nitrogens is 5. The molecule has 0 radical (unpaired) electrons. The van der Waals surface area contributed by atoms with Crippen LogP contribution in [0.5, 0.6) is 0 Å². The Bertz CT molecular complexity index is 640. The van der Waals surface area contributed by atoms with Crippen LogP contribution in [0.4, 0.5) is 0 Å². The Morgan fingerprint density at radius 1 is 1.18 bits per heavy atom. The maximum Gasteiger partial charge on any atom is 0.234 e. The van der Waals surface area contributed by atoms with Crippen molar-refractivity contribution in [3.8, 4) is 11.4 Å². The Morgan fingerprint density at radius 3 is 2.65 bits per heavy atom. The molecule has 0 saturated heterocycles. The third-order valence-electron chi connectivity index (χ3n) is 2.44. The molecule has 0 bridgehead atoms. The molecule has 0 unspecified atom stereocenters. The first-order valence-corrected chi connectivity index (χ1v) is 6.20. The first kappa shape index (κ1) is 10.3. The van der Waals surface area contributed by atoms with Crippen LogP contribution in [0, 0.1) is 0 Å². The van der Waals surface area contributed by atoms with Crippen LogP contribution in [-0.4, -0.2) is 24.8 Å². The molecule has 0 aliphatic heterocycles. The highest BCUT2D eigenvalue weighted by Crippen LogP contribution is 2.24. The van der Waals surface area contributed by atoms with Gasteiger partial charge in [0.2, 0.25) is 4.96 Å². The van der Waals surface area contributed by atoms with Gasteiger partial charge in [-0.05, 0) is 12.1 Å². The lowest BCUT2D eigenvalue weighted by molar-refractivity contribution is 0.802. The van der Waals surface area contributed by atoms with E-state index >= 15 is 0 Å². The van der Waals surface area contributed by atoms with Gasteiger partial charge in [-0.15, -0.1) is 10.2 Å². The van der Waals surface area contributed by atoms with Crippen molar-refractivity contribution in [3.63, 3.8) is 0 Å². The zero-order valence-electron chi connectivity index (χ0n) is 9.53. The number of rotatable bonds is 2. The van der Waals surface area contributed by atoms with Gasteiger partial charge in [-0.3, -0.25) is 4.98 Å². The molecule has 0 aliphatic rings. The van der Waals surface area contributed by atoms with Gasteiger partial charge < -0.3 is 0 Å². The van der Waals surface area contributed by atoms with Gasteiger partial charge >= 0.3 is 0 Å². The monoisotopic (exact) mass is 245 g/mol. The van der Waals surface area contributed by atoms with Crippen molar-refractivity contribution in [2.75, 3.05) is 0 Å². The largest absolute Gasteiger partial charge is 0.265 e. The van der Waals surface area contributed by atoms with Crippen LogP contribution in [0.2, 0.25) is 0 Å². The lowest BCUT2D eigenvalue weighted by atomic mass is 10.2. The highest BCUT2D eigenvalue weighted by molar-refractivity contribution is 7.16. The van der Waals surface area contributed by atoms with Crippen molar-refractivity contribution < 1.29 is 0 Å². The molecule has 6 heteroatoms. The zero-order chi connectivity index (χ0) is 11.8. The normalized spacial score (nSPS) is 11.5. The zero-order valence-corrected chi connectivity index (χ0v) is 10.3. The molecule has 3 rings (SSSR count). The van der Waals surface area contributed by atoms with E-state index in [1.165, 1.54) is 0 Å². The van der Waals surface area contributed by atoms with Gasteiger partial charge in [0.05, 0.1) is 0 Å². The standard InChI is InChI=1S/C11H11N5S/c1-7(2)10-15-16-9(13-14-11(16)17-10)8-3-5-12-6-4-8/h3-7H,1-2H3. The predicted molar refractivity (Wildman–Crippen MR) is 66.0 cm³/mol. The smallest absolute Gasteiger partial charge is 0.234 e. The first-order chi connectivity index (χ1) is 8.25. The van der Waals surface area contributed by atoms with E-state index < -0.39 is 0 Å². The molecule has 3 aromatic heterocycles. The highest BCUT2D eigenvalue weighted by atomic mass is 32.1. The SMILES string of the molecule is CC(C)c1nn2c(-c3ccncc3)nnc2s1. The van der Waals surface area contributed by atoms with Crippen LogP contribution < -0.4 is 0 Å². The van der Waals surface area contributed by atoms with Gasteiger partial charge in [0, 0.05) is 23.9 Å². The van der Waals surface area contributed by atoms with Gasteiger partial charge in [-0.1, -0.05) is 25.2 Å². The van der Waals surface area contributed by atoms with Crippen LogP contribution in [0.3, 0.4) is 0 Å². The fourth-order valence-corrected chi connectivity index (χ4v) is 2.39. The molecule has 0 N–H and O–H groups in total. The summed E-state index contributed by atoms with van der Waals surface area (Å²) in [7, 11) is 0. The molecule has 0 spiro atoms. The number of pyridine rings is 1. The van der Waals surface area contributed by atoms with Gasteiger partial charge in [0.1, 0.15) is 5.01 Å². The molecule has 3 aromatic rings. The van der Waals surface area contributed by atoms with Crippen LogP contribution in [0.1, 0.15) is 24.8 Å². The molecule has 0 fully saturated rings. The Balaban J connectivity index is 2.18. The molecule has 0 atom stereocenters. The van der Waals surface area contributed by atoms with Crippen LogP contribution >= 0.6 is 11.3 Å². The summed E-state index contributed by atoms with van der Waals surface area (Å²) >= 11 is 1.58. The molecule has 0 aromatic carbocycles. The molecule has 86 valence electrons. The minimum atomic E-state index is 0.409. The molecule has 0 amide bonds. The number of hydrogen-bond donors (Lipinski definition) is 0. The minimum Gasteiger partial charge on any atom is -0.265 e. The molecule has 5 nitrogen and oxygen atoms in total. The molecular formula is C11H11N5S. The summed E-state index contributed by atoms with van der Waals surface area (Å²) in [5.41, 5.74) is 0.980. The van der Waals surface area contributed by atoms with E-state index in [0.717, 1.165) is 21.4 Å². The number of nitrogens with zero attached hydrogens (tertiary/aromatic N) is 5. The lowest BCUT2D eigenvalue weighted by Gasteiger charge is -1.96. The van der Waals surface area contributed by atoms with Crippen LogP contribution in [0.15, 0.2) is 24.5 Å². The van der Waals surface area contributed by atoms with E-state index in [1.807, 2.05) is 12.1 Å². The Labute approximate surface area is 102 Å². The van der Waals surface area contributed by atoms with E-state index in [4.69, 9.17) is 0 Å². The van der Waals surface area contributed by atoms with E-state index in [1.54, 1.807) is 28.2 Å².